The summed E-state index contributed by atoms with van der Waals surface area (Å²) < 4.78 is 0. The molecule has 0 spiro atoms. The van der Waals surface area contributed by atoms with Gasteiger partial charge in [0.25, 0.3) is 0 Å². The summed E-state index contributed by atoms with van der Waals surface area (Å²) in [6, 6.07) is 32.6. The molecule has 0 saturated heterocycles. The Morgan fingerprint density at radius 1 is 0.468 bits per heavy atom. The second-order valence-corrected chi connectivity index (χ2v) is 21.6. The minimum absolute atomic E-state index is 0.0705. The first-order valence-corrected chi connectivity index (χ1v) is 20.9. The number of benzene rings is 4. The molecule has 2 aliphatic rings. The number of fused-ring (bicyclic) bond motifs is 2. The molecule has 0 N–H and O–H groups in total. The molecule has 0 aromatic heterocycles. The van der Waals surface area contributed by atoms with Gasteiger partial charge in [0.2, 0.25) is 0 Å². The van der Waals surface area contributed by atoms with E-state index in [1.54, 1.807) is 21.5 Å². The highest BCUT2D eigenvalue weighted by molar-refractivity contribution is 7.09. The van der Waals surface area contributed by atoms with Crippen molar-refractivity contribution >= 4 is 18.5 Å². The average Bonchev–Trinajstić information content (AvgIpc) is 3.62. The van der Waals surface area contributed by atoms with E-state index in [-0.39, 0.29) is 10.8 Å². The Balaban J connectivity index is 1.70. The Labute approximate surface area is 287 Å². The first kappa shape index (κ1) is 33.5. The molecule has 0 unspecified atom stereocenters. The zero-order chi connectivity index (χ0) is 34.1. The normalized spacial score (nSPS) is 15.3. The van der Waals surface area contributed by atoms with Crippen molar-refractivity contribution in [3.05, 3.63) is 129 Å². The smallest absolute Gasteiger partial charge is 0.0619 e. The molecule has 0 radical (unpaired) electrons. The van der Waals surface area contributed by atoms with Crippen molar-refractivity contribution < 1.29 is 0 Å². The molecule has 4 aromatic rings. The Hall–Kier alpha value is -3.42. The second-order valence-electron chi connectivity index (χ2n) is 17.3. The van der Waals surface area contributed by atoms with Crippen LogP contribution in [-0.2, 0) is 12.8 Å². The Bertz CT molecular complexity index is 1770. The SMILES string of the molecule is CC(C)c1ccccc1-c1cccc2c1C([Si](C)(C)C1=C(C(C)(C)C)Cc3cccc(-c4ccccc4C(C)C)c31)=C(C(C)(C)C)C2. The van der Waals surface area contributed by atoms with Crippen LogP contribution in [0.3, 0.4) is 0 Å². The van der Waals surface area contributed by atoms with Crippen molar-refractivity contribution in [2.75, 3.05) is 0 Å². The molecule has 0 saturated carbocycles. The molecule has 0 bridgehead atoms. The second kappa shape index (κ2) is 11.9. The summed E-state index contributed by atoms with van der Waals surface area (Å²) in [5.41, 5.74) is 18.1. The van der Waals surface area contributed by atoms with E-state index in [9.17, 15) is 0 Å². The van der Waals surface area contributed by atoms with Crippen molar-refractivity contribution in [2.24, 2.45) is 10.8 Å². The van der Waals surface area contributed by atoms with Gasteiger partial charge in [-0.2, -0.15) is 0 Å². The summed E-state index contributed by atoms with van der Waals surface area (Å²) in [5.74, 6) is 0.924. The van der Waals surface area contributed by atoms with E-state index < -0.39 is 8.07 Å². The van der Waals surface area contributed by atoms with Crippen LogP contribution >= 0.6 is 0 Å². The van der Waals surface area contributed by atoms with Gasteiger partial charge < -0.3 is 0 Å². The number of hydrogen-bond donors (Lipinski definition) is 0. The molecule has 0 atom stereocenters. The molecule has 0 aliphatic heterocycles. The van der Waals surface area contributed by atoms with E-state index in [2.05, 4.69) is 167 Å². The summed E-state index contributed by atoms with van der Waals surface area (Å²) in [4.78, 5) is 0. The predicted molar refractivity (Wildman–Crippen MR) is 210 cm³/mol. The van der Waals surface area contributed by atoms with Gasteiger partial charge in [0, 0.05) is 0 Å². The molecule has 0 fully saturated rings. The van der Waals surface area contributed by atoms with Crippen LogP contribution in [-0.4, -0.2) is 8.07 Å². The molecule has 6 rings (SSSR count). The predicted octanol–water partition coefficient (Wildman–Crippen LogP) is 13.5. The van der Waals surface area contributed by atoms with Crippen LogP contribution in [0.4, 0.5) is 0 Å². The number of hydrogen-bond acceptors (Lipinski definition) is 0. The maximum Gasteiger partial charge on any atom is 0.113 e. The molecule has 0 amide bonds. The van der Waals surface area contributed by atoms with Crippen molar-refractivity contribution in [2.45, 2.75) is 107 Å². The van der Waals surface area contributed by atoms with Gasteiger partial charge in [-0.1, -0.05) is 178 Å². The van der Waals surface area contributed by atoms with Gasteiger partial charge in [-0.15, -0.1) is 0 Å². The fourth-order valence-electron chi connectivity index (χ4n) is 8.67. The van der Waals surface area contributed by atoms with Crippen molar-refractivity contribution in [3.8, 4) is 22.3 Å². The van der Waals surface area contributed by atoms with E-state index in [1.165, 1.54) is 55.6 Å². The van der Waals surface area contributed by atoms with Crippen molar-refractivity contribution in [1.29, 1.82) is 0 Å². The lowest BCUT2D eigenvalue weighted by Crippen LogP contribution is -2.34. The summed E-state index contributed by atoms with van der Waals surface area (Å²) >= 11 is 0. The van der Waals surface area contributed by atoms with Crippen LogP contribution in [0.15, 0.2) is 96.1 Å². The maximum absolute atomic E-state index is 2.69. The van der Waals surface area contributed by atoms with Gasteiger partial charge in [-0.25, -0.2) is 0 Å². The highest BCUT2D eigenvalue weighted by Gasteiger charge is 2.47. The fourth-order valence-corrected chi connectivity index (χ4v) is 13.2. The Morgan fingerprint density at radius 2 is 0.809 bits per heavy atom. The molecule has 0 nitrogen and oxygen atoms in total. The zero-order valence-electron chi connectivity index (χ0n) is 31.2. The minimum Gasteiger partial charge on any atom is -0.0619 e. The molecule has 2 aliphatic carbocycles. The first-order chi connectivity index (χ1) is 22.0. The quantitative estimate of drug-likeness (QED) is 0.185. The van der Waals surface area contributed by atoms with Gasteiger partial charge >= 0.3 is 0 Å². The van der Waals surface area contributed by atoms with E-state index in [0.717, 1.165) is 12.8 Å². The monoisotopic (exact) mass is 636 g/mol. The number of allylic oxidation sites excluding steroid dienone is 2. The molecular formula is C46H56Si. The summed E-state index contributed by atoms with van der Waals surface area (Å²) in [6.45, 7) is 29.4. The van der Waals surface area contributed by atoms with E-state index >= 15 is 0 Å². The van der Waals surface area contributed by atoms with Crippen LogP contribution in [0.25, 0.3) is 32.6 Å². The van der Waals surface area contributed by atoms with Gasteiger partial charge in [0.05, 0.1) is 0 Å². The molecule has 1 heteroatoms. The van der Waals surface area contributed by atoms with Crippen molar-refractivity contribution in [3.63, 3.8) is 0 Å². The van der Waals surface area contributed by atoms with E-state index in [0.29, 0.717) is 11.8 Å². The fraction of sp³-hybridized carbons (Fsp3) is 0.391. The lowest BCUT2D eigenvalue weighted by Gasteiger charge is -2.37. The Kier molecular flexibility index (Phi) is 8.49. The van der Waals surface area contributed by atoms with Crippen LogP contribution in [0, 0.1) is 10.8 Å². The topological polar surface area (TPSA) is 0 Å². The maximum atomic E-state index is 2.69. The minimum atomic E-state index is -2.34. The lowest BCUT2D eigenvalue weighted by molar-refractivity contribution is 0.497. The largest absolute Gasteiger partial charge is 0.113 e. The van der Waals surface area contributed by atoms with E-state index in [4.69, 9.17) is 0 Å². The van der Waals surface area contributed by atoms with Crippen LogP contribution in [0.1, 0.15) is 114 Å². The summed E-state index contributed by atoms with van der Waals surface area (Å²) in [6.07, 6.45) is 2.09. The molecule has 244 valence electrons. The summed E-state index contributed by atoms with van der Waals surface area (Å²) in [7, 11) is -2.34. The highest BCUT2D eigenvalue weighted by atomic mass is 28.3. The lowest BCUT2D eigenvalue weighted by atomic mass is 9.85. The van der Waals surface area contributed by atoms with E-state index in [1.807, 2.05) is 0 Å². The standard InChI is InChI=1S/C46H56Si/c1-29(2)33-21-13-15-23-35(33)37-25-17-19-31-27-39(45(5,6)7)43(41(31)37)47(11,12)44-40(46(8,9)10)28-32-20-18-26-38(42(32)44)36-24-16-14-22-34(36)30(3)4/h13-26,29-30H,27-28H2,1-12H3. The first-order valence-electron chi connectivity index (χ1n) is 17.9. The third-order valence-corrected chi connectivity index (χ3v) is 14.5. The third kappa shape index (κ3) is 5.73. The average molecular weight is 637 g/mol. The third-order valence-electron chi connectivity index (χ3n) is 10.9. The van der Waals surface area contributed by atoms with Crippen molar-refractivity contribution in [1.82, 2.24) is 0 Å². The Morgan fingerprint density at radius 3 is 1.15 bits per heavy atom. The van der Waals surface area contributed by atoms with Gasteiger partial charge in [0.1, 0.15) is 8.07 Å². The highest BCUT2D eigenvalue weighted by Crippen LogP contribution is 2.57. The molecule has 47 heavy (non-hydrogen) atoms. The van der Waals surface area contributed by atoms with Crippen LogP contribution in [0.2, 0.25) is 13.1 Å². The zero-order valence-corrected chi connectivity index (χ0v) is 32.2. The van der Waals surface area contributed by atoms with Gasteiger partial charge in [0.15, 0.2) is 0 Å². The molecule has 4 aromatic carbocycles. The molecular weight excluding hydrogens is 581 g/mol. The van der Waals surface area contributed by atoms with Gasteiger partial charge in [-0.05, 0) is 102 Å². The van der Waals surface area contributed by atoms with Gasteiger partial charge in [-0.3, -0.25) is 0 Å². The van der Waals surface area contributed by atoms with Crippen LogP contribution < -0.4 is 0 Å². The molecule has 0 heterocycles. The number of rotatable bonds is 6. The summed E-state index contributed by atoms with van der Waals surface area (Å²) in [5, 5.41) is 3.37. The van der Waals surface area contributed by atoms with Crippen LogP contribution in [0.5, 0.6) is 0 Å².